The van der Waals surface area contributed by atoms with E-state index in [0.29, 0.717) is 12.2 Å². The fraction of sp³-hybridized carbons (Fsp3) is 0.455. The molecule has 0 radical (unpaired) electrons. The highest BCUT2D eigenvalue weighted by molar-refractivity contribution is 6.32. The molecular formula is C11H16ClN3O2. The summed E-state index contributed by atoms with van der Waals surface area (Å²) in [5.41, 5.74) is 6.23. The Balaban J connectivity index is 2.95. The highest BCUT2D eigenvalue weighted by atomic mass is 35.5. The first-order valence-corrected chi connectivity index (χ1v) is 5.79. The zero-order valence-electron chi connectivity index (χ0n) is 9.69. The van der Waals surface area contributed by atoms with Gasteiger partial charge in [0.15, 0.2) is 0 Å². The molecule has 1 rings (SSSR count). The Morgan fingerprint density at radius 1 is 1.59 bits per heavy atom. The molecule has 0 bridgehead atoms. The first-order chi connectivity index (χ1) is 8.10. The lowest BCUT2D eigenvalue weighted by Gasteiger charge is -2.21. The SMILES string of the molecule is CCCN(CCO)C(=O)c1cc(N)cnc1Cl. The average molecular weight is 258 g/mol. The molecule has 0 aliphatic carbocycles. The van der Waals surface area contributed by atoms with Crippen LogP contribution in [0.1, 0.15) is 23.7 Å². The maximum absolute atomic E-state index is 12.1. The molecular weight excluding hydrogens is 242 g/mol. The van der Waals surface area contributed by atoms with Gasteiger partial charge in [-0.15, -0.1) is 0 Å². The number of aromatic nitrogens is 1. The van der Waals surface area contributed by atoms with E-state index in [9.17, 15) is 4.79 Å². The molecule has 0 saturated carbocycles. The molecule has 1 aromatic rings. The zero-order valence-corrected chi connectivity index (χ0v) is 10.4. The van der Waals surface area contributed by atoms with E-state index in [1.165, 1.54) is 17.2 Å². The highest BCUT2D eigenvalue weighted by Crippen LogP contribution is 2.17. The molecule has 17 heavy (non-hydrogen) atoms. The second-order valence-electron chi connectivity index (χ2n) is 3.62. The van der Waals surface area contributed by atoms with Crippen molar-refractivity contribution in [1.82, 2.24) is 9.88 Å². The predicted molar refractivity (Wildman–Crippen MR) is 66.9 cm³/mol. The third kappa shape index (κ3) is 3.57. The van der Waals surface area contributed by atoms with Gasteiger partial charge in [-0.1, -0.05) is 18.5 Å². The lowest BCUT2D eigenvalue weighted by Crippen LogP contribution is -2.34. The van der Waals surface area contributed by atoms with Gasteiger partial charge in [-0.3, -0.25) is 4.79 Å². The minimum atomic E-state index is -0.259. The van der Waals surface area contributed by atoms with Crippen molar-refractivity contribution < 1.29 is 9.90 Å². The molecule has 1 amide bonds. The van der Waals surface area contributed by atoms with E-state index in [4.69, 9.17) is 22.4 Å². The van der Waals surface area contributed by atoms with Crippen LogP contribution in [0.2, 0.25) is 5.15 Å². The average Bonchev–Trinajstić information content (AvgIpc) is 2.31. The van der Waals surface area contributed by atoms with Crippen LogP contribution >= 0.6 is 11.6 Å². The van der Waals surface area contributed by atoms with Gasteiger partial charge in [-0.2, -0.15) is 0 Å². The number of nitrogens with zero attached hydrogens (tertiary/aromatic N) is 2. The fourth-order valence-corrected chi connectivity index (χ4v) is 1.67. The quantitative estimate of drug-likeness (QED) is 0.776. The third-order valence-electron chi connectivity index (χ3n) is 2.24. The number of nitrogen functional groups attached to an aromatic ring is 1. The van der Waals surface area contributed by atoms with Crippen LogP contribution in [-0.2, 0) is 0 Å². The predicted octanol–water partition coefficient (Wildman–Crippen LogP) is 1.16. The number of aliphatic hydroxyl groups excluding tert-OH is 1. The molecule has 5 nitrogen and oxygen atoms in total. The van der Waals surface area contributed by atoms with Crippen LogP contribution in [-0.4, -0.2) is 40.6 Å². The van der Waals surface area contributed by atoms with Gasteiger partial charge >= 0.3 is 0 Å². The molecule has 0 fully saturated rings. The first-order valence-electron chi connectivity index (χ1n) is 5.41. The number of nitrogens with two attached hydrogens (primary N) is 1. The molecule has 6 heteroatoms. The summed E-state index contributed by atoms with van der Waals surface area (Å²) in [6.07, 6.45) is 2.20. The van der Waals surface area contributed by atoms with Crippen molar-refractivity contribution in [2.45, 2.75) is 13.3 Å². The Bertz CT molecular complexity index is 392. The lowest BCUT2D eigenvalue weighted by molar-refractivity contribution is 0.0722. The number of hydrogen-bond acceptors (Lipinski definition) is 4. The summed E-state index contributed by atoms with van der Waals surface area (Å²) in [4.78, 5) is 17.5. The summed E-state index contributed by atoms with van der Waals surface area (Å²) in [5, 5.41) is 9.04. The van der Waals surface area contributed by atoms with Crippen LogP contribution in [0.15, 0.2) is 12.3 Å². The largest absolute Gasteiger partial charge is 0.397 e. The van der Waals surface area contributed by atoms with E-state index in [0.717, 1.165) is 6.42 Å². The molecule has 0 atom stereocenters. The standard InChI is InChI=1S/C11H16ClN3O2/c1-2-3-15(4-5-16)11(17)9-6-8(13)7-14-10(9)12/h6-7,16H,2-5,13H2,1H3. The van der Waals surface area contributed by atoms with Gasteiger partial charge in [0, 0.05) is 13.1 Å². The maximum atomic E-state index is 12.1. The molecule has 0 spiro atoms. The number of carbonyl (C=O) groups excluding carboxylic acids is 1. The van der Waals surface area contributed by atoms with Gasteiger partial charge in [-0.25, -0.2) is 4.98 Å². The van der Waals surface area contributed by atoms with Gasteiger partial charge in [0.2, 0.25) is 0 Å². The van der Waals surface area contributed by atoms with Gasteiger partial charge in [-0.05, 0) is 12.5 Å². The van der Waals surface area contributed by atoms with E-state index >= 15 is 0 Å². The van der Waals surface area contributed by atoms with Crippen molar-refractivity contribution in [3.63, 3.8) is 0 Å². The number of pyridine rings is 1. The van der Waals surface area contributed by atoms with Gasteiger partial charge in [0.25, 0.3) is 5.91 Å². The van der Waals surface area contributed by atoms with E-state index in [1.807, 2.05) is 6.92 Å². The van der Waals surface area contributed by atoms with E-state index in [1.54, 1.807) is 0 Å². The molecule has 0 aromatic carbocycles. The second kappa shape index (κ2) is 6.42. The van der Waals surface area contributed by atoms with Crippen molar-refractivity contribution in [2.75, 3.05) is 25.4 Å². The Morgan fingerprint density at radius 3 is 2.88 bits per heavy atom. The summed E-state index contributed by atoms with van der Waals surface area (Å²) in [7, 11) is 0. The third-order valence-corrected chi connectivity index (χ3v) is 2.54. The molecule has 1 heterocycles. The zero-order chi connectivity index (χ0) is 12.8. The number of carbonyl (C=O) groups is 1. The van der Waals surface area contributed by atoms with Crippen molar-refractivity contribution >= 4 is 23.2 Å². The van der Waals surface area contributed by atoms with E-state index in [-0.39, 0.29) is 29.8 Å². The first kappa shape index (κ1) is 13.7. The molecule has 0 saturated heterocycles. The maximum Gasteiger partial charge on any atom is 0.257 e. The van der Waals surface area contributed by atoms with Crippen LogP contribution in [0.5, 0.6) is 0 Å². The van der Waals surface area contributed by atoms with Crippen LogP contribution < -0.4 is 5.73 Å². The van der Waals surface area contributed by atoms with Crippen LogP contribution in [0.3, 0.4) is 0 Å². The lowest BCUT2D eigenvalue weighted by atomic mass is 10.2. The Hall–Kier alpha value is -1.33. The van der Waals surface area contributed by atoms with E-state index in [2.05, 4.69) is 4.98 Å². The Kier molecular flexibility index (Phi) is 5.18. The summed E-state index contributed by atoms with van der Waals surface area (Å²) in [5.74, 6) is -0.259. The minimum Gasteiger partial charge on any atom is -0.397 e. The normalized spacial score (nSPS) is 10.3. The molecule has 0 aliphatic heterocycles. The summed E-state index contributed by atoms with van der Waals surface area (Å²) in [6.45, 7) is 2.71. The number of rotatable bonds is 5. The topological polar surface area (TPSA) is 79.5 Å². The van der Waals surface area contributed by atoms with Crippen molar-refractivity contribution in [1.29, 1.82) is 0 Å². The number of anilines is 1. The molecule has 3 N–H and O–H groups in total. The highest BCUT2D eigenvalue weighted by Gasteiger charge is 2.18. The van der Waals surface area contributed by atoms with Crippen molar-refractivity contribution in [2.24, 2.45) is 0 Å². The summed E-state index contributed by atoms with van der Waals surface area (Å²) >= 11 is 5.86. The molecule has 1 aromatic heterocycles. The monoisotopic (exact) mass is 257 g/mol. The molecule has 94 valence electrons. The van der Waals surface area contributed by atoms with Gasteiger partial charge in [0.05, 0.1) is 24.1 Å². The van der Waals surface area contributed by atoms with Gasteiger partial charge < -0.3 is 15.7 Å². The smallest absolute Gasteiger partial charge is 0.257 e. The summed E-state index contributed by atoms with van der Waals surface area (Å²) in [6, 6.07) is 1.50. The molecule has 0 aliphatic rings. The van der Waals surface area contributed by atoms with Gasteiger partial charge in [0.1, 0.15) is 5.15 Å². The number of amides is 1. The number of aliphatic hydroxyl groups is 1. The molecule has 0 unspecified atom stereocenters. The van der Waals surface area contributed by atoms with Crippen LogP contribution in [0.4, 0.5) is 5.69 Å². The van der Waals surface area contributed by atoms with Crippen molar-refractivity contribution in [3.05, 3.63) is 23.0 Å². The fourth-order valence-electron chi connectivity index (χ4n) is 1.49. The Labute approximate surface area is 105 Å². The van der Waals surface area contributed by atoms with Crippen LogP contribution in [0, 0.1) is 0 Å². The minimum absolute atomic E-state index is 0.0842. The summed E-state index contributed by atoms with van der Waals surface area (Å²) < 4.78 is 0. The number of halogens is 1. The Morgan fingerprint density at radius 2 is 2.29 bits per heavy atom. The van der Waals surface area contributed by atoms with Crippen LogP contribution in [0.25, 0.3) is 0 Å². The second-order valence-corrected chi connectivity index (χ2v) is 3.98. The van der Waals surface area contributed by atoms with E-state index < -0.39 is 0 Å². The van der Waals surface area contributed by atoms with Crippen molar-refractivity contribution in [3.8, 4) is 0 Å². The number of hydrogen-bond donors (Lipinski definition) is 2.